The first-order valence-electron chi connectivity index (χ1n) is 4.12. The van der Waals surface area contributed by atoms with Crippen LogP contribution in [0.2, 0.25) is 0 Å². The van der Waals surface area contributed by atoms with Gasteiger partial charge in [0.2, 0.25) is 5.77 Å². The van der Waals surface area contributed by atoms with Crippen LogP contribution in [0.5, 0.6) is 0 Å². The molecule has 1 N–H and O–H groups in total. The molecule has 0 heterocycles. The lowest BCUT2D eigenvalue weighted by Crippen LogP contribution is -2.32. The zero-order valence-electron chi connectivity index (χ0n) is 8.61. The number of hydrogen-bond donors (Lipinski definition) is 1. The number of nitrogens with one attached hydrogen (secondary N) is 1. The summed E-state index contributed by atoms with van der Waals surface area (Å²) in [6.07, 6.45) is -0.0734. The quantitative estimate of drug-likeness (QED) is 0.605. The Balaban J connectivity index is 4.22. The average molecular weight is 260 g/mol. The maximum Gasteiger partial charge on any atom is 0.322 e. The molecule has 0 aliphatic rings. The van der Waals surface area contributed by atoms with Gasteiger partial charge in [0, 0.05) is 0 Å². The zero-order chi connectivity index (χ0) is 11.4. The highest BCUT2D eigenvalue weighted by atomic mass is 35.7. The summed E-state index contributed by atoms with van der Waals surface area (Å²) in [7, 11) is 1.31. The second-order valence-electron chi connectivity index (χ2n) is 3.01. The van der Waals surface area contributed by atoms with E-state index in [4.69, 9.17) is 27.6 Å². The molecule has 0 aromatic carbocycles. The second kappa shape index (κ2) is 6.03. The fourth-order valence-electron chi connectivity index (χ4n) is 0.762. The maximum absolute atomic E-state index is 11.0. The molecule has 84 valence electrons. The van der Waals surface area contributed by atoms with Crippen molar-refractivity contribution in [3.05, 3.63) is 0 Å². The number of hydrogen-bond acceptors (Lipinski definition) is 4. The molecule has 2 unspecified atom stereocenters. The summed E-state index contributed by atoms with van der Waals surface area (Å²) in [5, 5.41) is 2.73. The molecule has 0 bridgehead atoms. The van der Waals surface area contributed by atoms with Crippen LogP contribution in [0.15, 0.2) is 0 Å². The average Bonchev–Trinajstić information content (AvgIpc) is 1.99. The van der Waals surface area contributed by atoms with Gasteiger partial charge in [-0.15, -0.1) is 0 Å². The smallest absolute Gasteiger partial charge is 0.322 e. The third-order valence-electron chi connectivity index (χ3n) is 1.25. The number of halogens is 1. The number of carbonyl (C=O) groups is 1. The summed E-state index contributed by atoms with van der Waals surface area (Å²) in [5.74, 6) is -3.03. The van der Waals surface area contributed by atoms with E-state index >= 15 is 0 Å². The number of methoxy groups -OCH3 is 1. The van der Waals surface area contributed by atoms with Crippen molar-refractivity contribution in [2.45, 2.75) is 32.9 Å². The molecule has 0 radical (unpaired) electrons. The van der Waals surface area contributed by atoms with Crippen LogP contribution in [-0.2, 0) is 25.9 Å². The zero-order valence-corrected chi connectivity index (χ0v) is 11.1. The fourth-order valence-corrected chi connectivity index (χ4v) is 3.84. The highest BCUT2D eigenvalue weighted by molar-refractivity contribution is 8.23. The van der Waals surface area contributed by atoms with Gasteiger partial charge in [0.25, 0.3) is 0 Å². The first kappa shape index (κ1) is 14.3. The summed E-state index contributed by atoms with van der Waals surface area (Å²) in [6.45, 7) is 5.28. The minimum Gasteiger partial charge on any atom is -0.468 e. The first-order chi connectivity index (χ1) is 6.28. The van der Waals surface area contributed by atoms with Crippen LogP contribution >= 0.6 is 17.0 Å². The summed E-state index contributed by atoms with van der Waals surface area (Å²) in [4.78, 5) is 11.0. The van der Waals surface area contributed by atoms with E-state index in [1.807, 2.05) is 13.8 Å². The van der Waals surface area contributed by atoms with Gasteiger partial charge in [-0.2, -0.15) is 0 Å². The maximum atomic E-state index is 11.0. The van der Waals surface area contributed by atoms with Gasteiger partial charge < -0.3 is 9.26 Å². The van der Waals surface area contributed by atoms with Crippen molar-refractivity contribution in [3.8, 4) is 0 Å². The Hall–Kier alpha value is 0.330. The Morgan fingerprint density at radius 2 is 2.00 bits per heavy atom. The van der Waals surface area contributed by atoms with Gasteiger partial charge >= 0.3 is 5.97 Å². The monoisotopic (exact) mass is 259 g/mol. The topological polar surface area (TPSA) is 47.6 Å². The standard InChI is InChI=1S/C7H15ClNO3PS/c1-5(2)12-13(8,14)9-6(3)7(10)11-4/h5-6H,1-4H3,(H,9,14). The Morgan fingerprint density at radius 1 is 1.50 bits per heavy atom. The molecule has 0 amide bonds. The molecule has 0 saturated carbocycles. The van der Waals surface area contributed by atoms with Gasteiger partial charge in [0.05, 0.1) is 13.2 Å². The van der Waals surface area contributed by atoms with Crippen molar-refractivity contribution in [2.24, 2.45) is 0 Å². The Bertz CT molecular complexity index is 249. The lowest BCUT2D eigenvalue weighted by molar-refractivity contribution is -0.142. The van der Waals surface area contributed by atoms with E-state index in [9.17, 15) is 4.79 Å². The number of esters is 1. The Labute approximate surface area is 94.2 Å². The third kappa shape index (κ3) is 5.94. The van der Waals surface area contributed by atoms with E-state index in [0.29, 0.717) is 0 Å². The fraction of sp³-hybridized carbons (Fsp3) is 0.857. The molecule has 0 aromatic heterocycles. The van der Waals surface area contributed by atoms with Crippen molar-refractivity contribution in [1.29, 1.82) is 0 Å². The summed E-state index contributed by atoms with van der Waals surface area (Å²) in [6, 6.07) is -0.554. The molecule has 4 nitrogen and oxygen atoms in total. The SMILES string of the molecule is COC(=O)C(C)NP(=S)(Cl)OC(C)C. The van der Waals surface area contributed by atoms with Gasteiger partial charge in [-0.1, -0.05) is 0 Å². The van der Waals surface area contributed by atoms with E-state index in [2.05, 4.69) is 9.82 Å². The number of rotatable bonds is 5. The van der Waals surface area contributed by atoms with Crippen molar-refractivity contribution in [2.75, 3.05) is 7.11 Å². The minimum absolute atomic E-state index is 0.0734. The van der Waals surface area contributed by atoms with Gasteiger partial charge in [0.1, 0.15) is 6.04 Å². The molecule has 0 aromatic rings. The molecule has 0 fully saturated rings. The minimum atomic E-state index is -2.62. The highest BCUT2D eigenvalue weighted by Gasteiger charge is 2.23. The van der Waals surface area contributed by atoms with Crippen LogP contribution in [0.4, 0.5) is 0 Å². The van der Waals surface area contributed by atoms with Gasteiger partial charge in [0.15, 0.2) is 0 Å². The molecular weight excluding hydrogens is 245 g/mol. The van der Waals surface area contributed by atoms with E-state index in [1.54, 1.807) is 6.92 Å². The Morgan fingerprint density at radius 3 is 2.36 bits per heavy atom. The lowest BCUT2D eigenvalue weighted by Gasteiger charge is -2.21. The van der Waals surface area contributed by atoms with E-state index < -0.39 is 17.8 Å². The second-order valence-corrected chi connectivity index (χ2v) is 8.01. The predicted octanol–water partition coefficient (Wildman–Crippen LogP) is 2.03. The number of ether oxygens (including phenoxy) is 1. The van der Waals surface area contributed by atoms with Crippen molar-refractivity contribution < 1.29 is 14.1 Å². The summed E-state index contributed by atoms with van der Waals surface area (Å²) < 4.78 is 9.79. The van der Waals surface area contributed by atoms with Gasteiger partial charge in [-0.25, -0.2) is 5.09 Å². The van der Waals surface area contributed by atoms with Crippen LogP contribution in [0.25, 0.3) is 0 Å². The summed E-state index contributed by atoms with van der Waals surface area (Å²) in [5.41, 5.74) is 0. The van der Waals surface area contributed by atoms with Crippen molar-refractivity contribution in [3.63, 3.8) is 0 Å². The van der Waals surface area contributed by atoms with E-state index in [0.717, 1.165) is 0 Å². The molecule has 0 aliphatic heterocycles. The molecular formula is C7H15ClNO3PS. The Kier molecular flexibility index (Phi) is 6.17. The molecule has 0 rings (SSSR count). The normalized spacial score (nSPS) is 17.6. The van der Waals surface area contributed by atoms with Crippen molar-refractivity contribution >= 4 is 34.8 Å². The molecule has 0 saturated heterocycles. The molecule has 0 aliphatic carbocycles. The lowest BCUT2D eigenvalue weighted by atomic mass is 10.4. The van der Waals surface area contributed by atoms with Crippen molar-refractivity contribution in [1.82, 2.24) is 5.09 Å². The molecule has 14 heavy (non-hydrogen) atoms. The summed E-state index contributed by atoms with van der Waals surface area (Å²) >= 11 is 10.9. The molecule has 7 heteroatoms. The van der Waals surface area contributed by atoms with Crippen LogP contribution in [0, 0.1) is 0 Å². The van der Waals surface area contributed by atoms with Crippen LogP contribution in [-0.4, -0.2) is 25.2 Å². The molecule has 2 atom stereocenters. The van der Waals surface area contributed by atoms with E-state index in [1.165, 1.54) is 7.11 Å². The van der Waals surface area contributed by atoms with Gasteiger partial charge in [-0.05, 0) is 43.8 Å². The van der Waals surface area contributed by atoms with Gasteiger partial charge in [-0.3, -0.25) is 4.79 Å². The van der Waals surface area contributed by atoms with Crippen LogP contribution in [0.3, 0.4) is 0 Å². The van der Waals surface area contributed by atoms with Crippen LogP contribution in [0.1, 0.15) is 20.8 Å². The largest absolute Gasteiger partial charge is 0.468 e. The third-order valence-corrected chi connectivity index (χ3v) is 3.74. The predicted molar refractivity (Wildman–Crippen MR) is 61.0 cm³/mol. The van der Waals surface area contributed by atoms with E-state index in [-0.39, 0.29) is 6.10 Å². The highest BCUT2D eigenvalue weighted by Crippen LogP contribution is 2.49. The molecule has 0 spiro atoms. The number of carbonyl (C=O) groups excluding carboxylic acids is 1. The first-order valence-corrected chi connectivity index (χ1v) is 7.74. The van der Waals surface area contributed by atoms with Crippen LogP contribution < -0.4 is 5.09 Å².